The highest BCUT2D eigenvalue weighted by molar-refractivity contribution is 7.85. The number of anilines is 1. The topological polar surface area (TPSA) is 136 Å². The summed E-state index contributed by atoms with van der Waals surface area (Å²) < 4.78 is 35.1. The molecule has 0 aliphatic carbocycles. The molecule has 0 radical (unpaired) electrons. The van der Waals surface area contributed by atoms with Crippen molar-refractivity contribution in [2.24, 2.45) is 0 Å². The van der Waals surface area contributed by atoms with Crippen LogP contribution in [0.3, 0.4) is 0 Å². The number of ether oxygens (including phenoxy) is 1. The number of esters is 1. The summed E-state index contributed by atoms with van der Waals surface area (Å²) in [4.78, 5) is 23.9. The fourth-order valence-corrected chi connectivity index (χ4v) is 2.23. The smallest absolute Gasteiger partial charge is 0.328 e. The minimum absolute atomic E-state index is 0.0740. The summed E-state index contributed by atoms with van der Waals surface area (Å²) >= 11 is 0. The number of rotatable bonds is 7. The molecule has 0 aliphatic rings. The molecule has 0 aliphatic heterocycles. The van der Waals surface area contributed by atoms with E-state index in [1.807, 2.05) is 0 Å². The van der Waals surface area contributed by atoms with Gasteiger partial charge >= 0.3 is 5.97 Å². The summed E-state index contributed by atoms with van der Waals surface area (Å²) in [6.45, 7) is 1.65. The third-order valence-electron chi connectivity index (χ3n) is 2.75. The lowest BCUT2D eigenvalue weighted by atomic mass is 10.1. The van der Waals surface area contributed by atoms with E-state index in [0.29, 0.717) is 0 Å². The van der Waals surface area contributed by atoms with E-state index >= 15 is 0 Å². The maximum absolute atomic E-state index is 12.1. The number of nitrogens with one attached hydrogen (secondary N) is 1. The second kappa shape index (κ2) is 7.76. The molecule has 1 atom stereocenters. The van der Waals surface area contributed by atoms with Crippen molar-refractivity contribution in [3.63, 3.8) is 0 Å². The largest absolute Gasteiger partial charge is 0.464 e. The summed E-state index contributed by atoms with van der Waals surface area (Å²) in [7, 11) is -4.26. The number of nitrogen functional groups attached to an aromatic ring is 1. The lowest BCUT2D eigenvalue weighted by Crippen LogP contribution is -2.43. The molecule has 1 aromatic carbocycles. The van der Waals surface area contributed by atoms with Crippen LogP contribution in [0.25, 0.3) is 0 Å². The number of nitrogens with two attached hydrogens (primary N) is 1. The molecule has 0 aromatic heterocycles. The SMILES string of the molecule is CCOC(=O)[C@H](CCS(=O)(=O)O)NC(=O)c1ccccc1N. The van der Waals surface area contributed by atoms with Crippen molar-refractivity contribution in [3.05, 3.63) is 29.8 Å². The maximum Gasteiger partial charge on any atom is 0.328 e. The Hall–Kier alpha value is -2.13. The number of para-hydroxylation sites is 1. The van der Waals surface area contributed by atoms with Gasteiger partial charge in [-0.05, 0) is 25.5 Å². The van der Waals surface area contributed by atoms with Crippen LogP contribution in [0.15, 0.2) is 24.3 Å². The van der Waals surface area contributed by atoms with Crippen LogP contribution in [0.2, 0.25) is 0 Å². The van der Waals surface area contributed by atoms with Gasteiger partial charge in [-0.15, -0.1) is 0 Å². The molecule has 0 saturated carbocycles. The Morgan fingerprint density at radius 1 is 1.36 bits per heavy atom. The molecule has 8 nitrogen and oxygen atoms in total. The summed E-state index contributed by atoms with van der Waals surface area (Å²) in [6.07, 6.45) is -0.309. The Balaban J connectivity index is 2.85. The summed E-state index contributed by atoms with van der Waals surface area (Å²) in [6, 6.07) is 5.03. The van der Waals surface area contributed by atoms with Crippen LogP contribution in [0, 0.1) is 0 Å². The van der Waals surface area contributed by atoms with E-state index in [0.717, 1.165) is 0 Å². The van der Waals surface area contributed by atoms with E-state index in [2.05, 4.69) is 5.32 Å². The Bertz CT molecular complexity index is 644. The summed E-state index contributed by atoms with van der Waals surface area (Å²) in [5, 5.41) is 2.36. The van der Waals surface area contributed by atoms with E-state index in [1.54, 1.807) is 19.1 Å². The Morgan fingerprint density at radius 3 is 2.55 bits per heavy atom. The minimum Gasteiger partial charge on any atom is -0.464 e. The van der Waals surface area contributed by atoms with E-state index in [1.165, 1.54) is 12.1 Å². The zero-order valence-electron chi connectivity index (χ0n) is 12.0. The second-order valence-electron chi connectivity index (χ2n) is 4.44. The van der Waals surface area contributed by atoms with Crippen molar-refractivity contribution in [3.8, 4) is 0 Å². The molecule has 0 heterocycles. The lowest BCUT2D eigenvalue weighted by molar-refractivity contribution is -0.145. The third-order valence-corrected chi connectivity index (χ3v) is 3.50. The van der Waals surface area contributed by atoms with Gasteiger partial charge in [0.15, 0.2) is 0 Å². The van der Waals surface area contributed by atoms with E-state index in [9.17, 15) is 18.0 Å². The first-order valence-electron chi connectivity index (χ1n) is 6.51. The standard InChI is InChI=1S/C13H18N2O6S/c1-2-21-13(17)11(7-8-22(18,19)20)15-12(16)9-5-3-4-6-10(9)14/h3-6,11H,2,7-8,14H2,1H3,(H,15,16)(H,18,19,20)/t11-/m0/s1. The number of amides is 1. The highest BCUT2D eigenvalue weighted by atomic mass is 32.2. The first kappa shape index (κ1) is 17.9. The predicted octanol–water partition coefficient (Wildman–Crippen LogP) is 0.208. The number of hydrogen-bond acceptors (Lipinski definition) is 6. The van der Waals surface area contributed by atoms with Crippen LogP contribution >= 0.6 is 0 Å². The van der Waals surface area contributed by atoms with E-state index in [-0.39, 0.29) is 24.3 Å². The molecule has 9 heteroatoms. The number of carbonyl (C=O) groups excluding carboxylic acids is 2. The normalized spacial score (nSPS) is 12.5. The number of carbonyl (C=O) groups is 2. The first-order chi connectivity index (χ1) is 10.2. The molecule has 0 spiro atoms. The quantitative estimate of drug-likeness (QED) is 0.369. The van der Waals surface area contributed by atoms with Crippen LogP contribution in [0.1, 0.15) is 23.7 Å². The Kier molecular flexibility index (Phi) is 6.32. The zero-order chi connectivity index (χ0) is 16.8. The summed E-state index contributed by atoms with van der Waals surface area (Å²) in [5.41, 5.74) is 6.04. The molecule has 0 bridgehead atoms. The van der Waals surface area contributed by atoms with Gasteiger partial charge in [-0.25, -0.2) is 4.79 Å². The van der Waals surface area contributed by atoms with Crippen LogP contribution in [-0.4, -0.2) is 43.2 Å². The van der Waals surface area contributed by atoms with Crippen molar-refractivity contribution in [2.45, 2.75) is 19.4 Å². The summed E-state index contributed by atoms with van der Waals surface area (Å²) in [5.74, 6) is -2.10. The van der Waals surface area contributed by atoms with Gasteiger partial charge in [0, 0.05) is 5.69 Å². The zero-order valence-corrected chi connectivity index (χ0v) is 12.8. The molecule has 0 fully saturated rings. The van der Waals surface area contributed by atoms with Gasteiger partial charge in [0.05, 0.1) is 17.9 Å². The van der Waals surface area contributed by atoms with E-state index in [4.69, 9.17) is 15.0 Å². The Labute approximate surface area is 128 Å². The first-order valence-corrected chi connectivity index (χ1v) is 8.12. The van der Waals surface area contributed by atoms with Gasteiger partial charge in [-0.1, -0.05) is 12.1 Å². The van der Waals surface area contributed by atoms with Gasteiger partial charge in [0.2, 0.25) is 0 Å². The molecule has 22 heavy (non-hydrogen) atoms. The lowest BCUT2D eigenvalue weighted by Gasteiger charge is -2.17. The number of hydrogen-bond donors (Lipinski definition) is 3. The third kappa shape index (κ3) is 5.70. The monoisotopic (exact) mass is 330 g/mol. The van der Waals surface area contributed by atoms with Gasteiger partial charge < -0.3 is 15.8 Å². The van der Waals surface area contributed by atoms with Crippen molar-refractivity contribution in [1.29, 1.82) is 0 Å². The van der Waals surface area contributed by atoms with Crippen LogP contribution in [0.5, 0.6) is 0 Å². The maximum atomic E-state index is 12.1. The highest BCUT2D eigenvalue weighted by Crippen LogP contribution is 2.11. The molecule has 122 valence electrons. The fraction of sp³-hybridized carbons (Fsp3) is 0.385. The highest BCUT2D eigenvalue weighted by Gasteiger charge is 2.25. The molecule has 0 unspecified atom stereocenters. The van der Waals surface area contributed by atoms with Gasteiger partial charge in [-0.2, -0.15) is 8.42 Å². The average Bonchev–Trinajstić information content (AvgIpc) is 2.42. The molecule has 0 saturated heterocycles. The van der Waals surface area contributed by atoms with Crippen molar-refractivity contribution in [2.75, 3.05) is 18.1 Å². The van der Waals surface area contributed by atoms with Crippen LogP contribution in [0.4, 0.5) is 5.69 Å². The number of benzene rings is 1. The second-order valence-corrected chi connectivity index (χ2v) is 6.01. The molecular weight excluding hydrogens is 312 g/mol. The van der Waals surface area contributed by atoms with Gasteiger partial charge in [-0.3, -0.25) is 9.35 Å². The van der Waals surface area contributed by atoms with E-state index < -0.39 is 33.8 Å². The average molecular weight is 330 g/mol. The predicted molar refractivity (Wildman–Crippen MR) is 79.8 cm³/mol. The molecule has 4 N–H and O–H groups in total. The molecule has 1 amide bonds. The van der Waals surface area contributed by atoms with Crippen molar-refractivity contribution >= 4 is 27.7 Å². The van der Waals surface area contributed by atoms with Crippen LogP contribution < -0.4 is 11.1 Å². The molecular formula is C13H18N2O6S. The fourth-order valence-electron chi connectivity index (χ4n) is 1.70. The molecule has 1 aromatic rings. The Morgan fingerprint density at radius 2 is 2.00 bits per heavy atom. The van der Waals surface area contributed by atoms with Crippen molar-refractivity contribution in [1.82, 2.24) is 5.32 Å². The van der Waals surface area contributed by atoms with Crippen molar-refractivity contribution < 1.29 is 27.3 Å². The van der Waals surface area contributed by atoms with Gasteiger partial charge in [0.25, 0.3) is 16.0 Å². The van der Waals surface area contributed by atoms with Gasteiger partial charge in [0.1, 0.15) is 6.04 Å². The minimum atomic E-state index is -4.26. The molecule has 1 rings (SSSR count). The van der Waals surface area contributed by atoms with Crippen LogP contribution in [-0.2, 0) is 19.6 Å².